The largest absolute Gasteiger partial charge is 0.495 e. The van der Waals surface area contributed by atoms with E-state index in [1.165, 1.54) is 13.2 Å². The van der Waals surface area contributed by atoms with E-state index in [0.717, 1.165) is 17.0 Å². The summed E-state index contributed by atoms with van der Waals surface area (Å²) in [5.74, 6) is 1.52. The molecule has 0 amide bonds. The molecule has 0 bridgehead atoms. The summed E-state index contributed by atoms with van der Waals surface area (Å²) in [6.45, 7) is 4.45. The van der Waals surface area contributed by atoms with Gasteiger partial charge in [-0.3, -0.25) is 0 Å². The Hall–Kier alpha value is -2.84. The molecule has 2 aromatic carbocycles. The van der Waals surface area contributed by atoms with Gasteiger partial charge in [0.1, 0.15) is 16.4 Å². The lowest BCUT2D eigenvalue weighted by molar-refractivity contribution is 0.340. The third-order valence-corrected chi connectivity index (χ3v) is 5.51. The van der Waals surface area contributed by atoms with Crippen LogP contribution in [0.4, 0.5) is 0 Å². The highest BCUT2D eigenvalue weighted by molar-refractivity contribution is 7.89. The Balaban J connectivity index is 1.78. The Kier molecular flexibility index (Phi) is 6.01. The van der Waals surface area contributed by atoms with Crippen molar-refractivity contribution in [2.45, 2.75) is 25.3 Å². The summed E-state index contributed by atoms with van der Waals surface area (Å²) < 4.78 is 44.0. The number of nitrogens with one attached hydrogen (secondary N) is 1. The lowest BCUT2D eigenvalue weighted by atomic mass is 10.1. The van der Waals surface area contributed by atoms with Crippen LogP contribution in [0.3, 0.4) is 0 Å². The average Bonchev–Trinajstić information content (AvgIpc) is 3.13. The molecule has 0 fully saturated rings. The Morgan fingerprint density at radius 2 is 1.86 bits per heavy atom. The van der Waals surface area contributed by atoms with Crippen molar-refractivity contribution in [2.24, 2.45) is 0 Å². The highest BCUT2D eigenvalue weighted by Gasteiger charge is 2.20. The third-order valence-electron chi connectivity index (χ3n) is 4.07. The van der Waals surface area contributed by atoms with E-state index in [2.05, 4.69) is 9.88 Å². The van der Waals surface area contributed by atoms with E-state index >= 15 is 0 Å². The van der Waals surface area contributed by atoms with Gasteiger partial charge < -0.3 is 14.0 Å². The van der Waals surface area contributed by atoms with Gasteiger partial charge in [0, 0.05) is 18.2 Å². The summed E-state index contributed by atoms with van der Waals surface area (Å²) >= 11 is 0. The first-order valence-corrected chi connectivity index (χ1v) is 10.2. The van der Waals surface area contributed by atoms with Crippen LogP contribution in [0.25, 0.3) is 11.3 Å². The maximum absolute atomic E-state index is 12.8. The number of sulfonamides is 1. The number of hydrogen-bond acceptors (Lipinski definition) is 6. The highest BCUT2D eigenvalue weighted by atomic mass is 32.2. The van der Waals surface area contributed by atoms with Crippen LogP contribution >= 0.6 is 0 Å². The first kappa shape index (κ1) is 19.9. The zero-order valence-corrected chi connectivity index (χ0v) is 16.7. The number of aromatic nitrogens is 1. The summed E-state index contributed by atoms with van der Waals surface area (Å²) in [4.78, 5) is 0.0564. The van der Waals surface area contributed by atoms with Crippen molar-refractivity contribution in [3.05, 3.63) is 59.8 Å². The zero-order valence-electron chi connectivity index (χ0n) is 15.9. The predicted molar refractivity (Wildman–Crippen MR) is 105 cm³/mol. The van der Waals surface area contributed by atoms with Gasteiger partial charge in [0.15, 0.2) is 5.76 Å². The number of ether oxygens (including phenoxy) is 2. The Morgan fingerprint density at radius 3 is 2.46 bits per heavy atom. The van der Waals surface area contributed by atoms with Gasteiger partial charge in [-0.05, 0) is 49.7 Å². The summed E-state index contributed by atoms with van der Waals surface area (Å²) in [6, 6.07) is 13.8. The van der Waals surface area contributed by atoms with Gasteiger partial charge in [0.25, 0.3) is 0 Å². The lowest BCUT2D eigenvalue weighted by Crippen LogP contribution is -2.23. The van der Waals surface area contributed by atoms with E-state index in [4.69, 9.17) is 14.0 Å². The Morgan fingerprint density at radius 1 is 1.11 bits per heavy atom. The molecule has 1 aromatic heterocycles. The molecule has 0 aliphatic rings. The maximum atomic E-state index is 12.8. The molecule has 1 N–H and O–H groups in total. The van der Waals surface area contributed by atoms with Crippen LogP contribution < -0.4 is 14.2 Å². The van der Waals surface area contributed by atoms with Crippen LogP contribution in [0.5, 0.6) is 11.5 Å². The minimum Gasteiger partial charge on any atom is -0.495 e. The summed E-state index contributed by atoms with van der Waals surface area (Å²) in [5.41, 5.74) is 2.24. The lowest BCUT2D eigenvalue weighted by Gasteiger charge is -2.12. The van der Waals surface area contributed by atoms with Gasteiger partial charge in [-0.15, -0.1) is 0 Å². The van der Waals surface area contributed by atoms with E-state index in [0.29, 0.717) is 17.9 Å². The van der Waals surface area contributed by atoms with Gasteiger partial charge >= 0.3 is 0 Å². The normalized spacial score (nSPS) is 11.4. The van der Waals surface area contributed by atoms with Gasteiger partial charge in [-0.25, -0.2) is 13.1 Å². The van der Waals surface area contributed by atoms with Crippen LogP contribution in [0.15, 0.2) is 57.9 Å². The quantitative estimate of drug-likeness (QED) is 0.620. The minimum atomic E-state index is -3.77. The minimum absolute atomic E-state index is 0.0564. The molecule has 7 nitrogen and oxygen atoms in total. The molecule has 0 spiro atoms. The molecule has 0 aliphatic carbocycles. The second-order valence-electron chi connectivity index (χ2n) is 6.10. The first-order chi connectivity index (χ1) is 13.4. The number of nitrogens with zero attached hydrogens (tertiary/aromatic N) is 1. The first-order valence-electron chi connectivity index (χ1n) is 8.76. The number of benzene rings is 2. The van der Waals surface area contributed by atoms with Gasteiger partial charge in [0.05, 0.1) is 19.4 Å². The van der Waals surface area contributed by atoms with E-state index in [-0.39, 0.29) is 17.2 Å². The number of methoxy groups -OCH3 is 1. The fourth-order valence-corrected chi connectivity index (χ4v) is 3.84. The van der Waals surface area contributed by atoms with Crippen molar-refractivity contribution in [1.82, 2.24) is 9.88 Å². The van der Waals surface area contributed by atoms with Crippen LogP contribution in [-0.4, -0.2) is 27.3 Å². The van der Waals surface area contributed by atoms with Crippen molar-refractivity contribution in [1.29, 1.82) is 0 Å². The van der Waals surface area contributed by atoms with Gasteiger partial charge in [0.2, 0.25) is 10.0 Å². The SMILES string of the molecule is CCOc1ccc(CNS(=O)(=O)c2ccc(-c3cc(C)no3)cc2OC)cc1. The molecule has 3 aromatic rings. The van der Waals surface area contributed by atoms with Crippen LogP contribution in [0.2, 0.25) is 0 Å². The van der Waals surface area contributed by atoms with E-state index in [9.17, 15) is 8.42 Å². The van der Waals surface area contributed by atoms with E-state index < -0.39 is 10.0 Å². The number of hydrogen-bond donors (Lipinski definition) is 1. The monoisotopic (exact) mass is 402 g/mol. The molecule has 0 aliphatic heterocycles. The van der Waals surface area contributed by atoms with E-state index in [1.54, 1.807) is 18.2 Å². The summed E-state index contributed by atoms with van der Waals surface area (Å²) in [5, 5.41) is 3.85. The molecule has 0 unspecified atom stereocenters. The fraction of sp³-hybridized carbons (Fsp3) is 0.250. The fourth-order valence-electron chi connectivity index (χ4n) is 2.67. The Bertz CT molecular complexity index is 1040. The van der Waals surface area contributed by atoms with Crippen molar-refractivity contribution in [2.75, 3.05) is 13.7 Å². The topological polar surface area (TPSA) is 90.7 Å². The molecule has 28 heavy (non-hydrogen) atoms. The van der Waals surface area contributed by atoms with Crippen LogP contribution in [0.1, 0.15) is 18.2 Å². The number of rotatable bonds is 8. The molecule has 0 radical (unpaired) electrons. The standard InChI is InChI=1S/C20H22N2O5S/c1-4-26-17-8-5-15(6-9-17)13-21-28(23,24)20-10-7-16(12-19(20)25-3)18-11-14(2)22-27-18/h5-12,21H,4,13H2,1-3H3. The summed E-state index contributed by atoms with van der Waals surface area (Å²) in [7, 11) is -2.34. The smallest absolute Gasteiger partial charge is 0.244 e. The molecular formula is C20H22N2O5S. The second-order valence-corrected chi connectivity index (χ2v) is 7.84. The van der Waals surface area contributed by atoms with Crippen LogP contribution in [0, 0.1) is 6.92 Å². The second kappa shape index (κ2) is 8.45. The summed E-state index contributed by atoms with van der Waals surface area (Å²) in [6.07, 6.45) is 0. The van der Waals surface area contributed by atoms with Crippen molar-refractivity contribution in [3.63, 3.8) is 0 Å². The third kappa shape index (κ3) is 4.52. The van der Waals surface area contributed by atoms with E-state index in [1.807, 2.05) is 38.1 Å². The number of aryl methyl sites for hydroxylation is 1. The average molecular weight is 402 g/mol. The molecule has 8 heteroatoms. The highest BCUT2D eigenvalue weighted by Crippen LogP contribution is 2.30. The maximum Gasteiger partial charge on any atom is 0.244 e. The van der Waals surface area contributed by atoms with Gasteiger partial charge in [-0.1, -0.05) is 17.3 Å². The van der Waals surface area contributed by atoms with Crippen molar-refractivity contribution < 1.29 is 22.4 Å². The Labute approximate surface area is 164 Å². The predicted octanol–water partition coefficient (Wildman–Crippen LogP) is 3.54. The molecule has 0 saturated carbocycles. The van der Waals surface area contributed by atoms with Crippen molar-refractivity contribution >= 4 is 10.0 Å². The van der Waals surface area contributed by atoms with Crippen LogP contribution in [-0.2, 0) is 16.6 Å². The zero-order chi connectivity index (χ0) is 20.1. The van der Waals surface area contributed by atoms with Gasteiger partial charge in [-0.2, -0.15) is 0 Å². The molecule has 0 saturated heterocycles. The molecule has 3 rings (SSSR count). The van der Waals surface area contributed by atoms with Crippen molar-refractivity contribution in [3.8, 4) is 22.8 Å². The molecular weight excluding hydrogens is 380 g/mol. The molecule has 0 atom stereocenters. The molecule has 1 heterocycles. The molecule has 148 valence electrons.